The zero-order valence-electron chi connectivity index (χ0n) is 30.1. The molecule has 4 aliphatic rings. The van der Waals surface area contributed by atoms with E-state index in [9.17, 15) is 0 Å². The quantitative estimate of drug-likeness (QED) is 0.180. The lowest BCUT2D eigenvalue weighted by molar-refractivity contribution is 0.660. The normalized spacial score (nSPS) is 19.2. The number of fused-ring (bicyclic) bond motifs is 9. The van der Waals surface area contributed by atoms with Crippen molar-refractivity contribution in [2.75, 3.05) is 4.90 Å². The van der Waals surface area contributed by atoms with Crippen LogP contribution in [0.15, 0.2) is 170 Å². The van der Waals surface area contributed by atoms with Crippen LogP contribution < -0.4 is 4.90 Å². The van der Waals surface area contributed by atoms with E-state index >= 15 is 0 Å². The van der Waals surface area contributed by atoms with Crippen molar-refractivity contribution in [3.8, 4) is 22.3 Å². The van der Waals surface area contributed by atoms with Crippen molar-refractivity contribution in [1.29, 1.82) is 0 Å². The molecular formula is C51H40N2. The summed E-state index contributed by atoms with van der Waals surface area (Å²) in [6.07, 6.45) is 16.5. The molecule has 0 amide bonds. The molecule has 0 bridgehead atoms. The summed E-state index contributed by atoms with van der Waals surface area (Å²) in [6.45, 7) is 4.77. The Morgan fingerprint density at radius 1 is 0.604 bits per heavy atom. The van der Waals surface area contributed by atoms with Crippen molar-refractivity contribution in [3.63, 3.8) is 0 Å². The standard InChI is InChI=1S/C51H40N2/c1-51(2)45-19-11-9-17-39(45)41-31-44-43-30-36(35-23-27-48-42(29-35)40-18-10-12-20-47(40)52(48)37-15-7-4-8-16-37)24-28-49(43)53(50(44)32-46(41)51)38-25-21-34(22-26-38)33-13-5-3-6-14-33/h3,5-7,9-32,43,49H,4,8H2,1-2H3. The lowest BCUT2D eigenvalue weighted by Crippen LogP contribution is -2.29. The Hall–Kier alpha value is -6.12. The smallest absolute Gasteiger partial charge is 0.0630 e. The third-order valence-electron chi connectivity index (χ3n) is 12.3. The van der Waals surface area contributed by atoms with Gasteiger partial charge in [0.15, 0.2) is 0 Å². The Morgan fingerprint density at radius 3 is 2.21 bits per heavy atom. The largest absolute Gasteiger partial charge is 0.333 e. The highest BCUT2D eigenvalue weighted by Crippen LogP contribution is 2.56. The van der Waals surface area contributed by atoms with Gasteiger partial charge in [0.05, 0.1) is 17.1 Å². The summed E-state index contributed by atoms with van der Waals surface area (Å²) in [6, 6.07) is 50.1. The van der Waals surface area contributed by atoms with Crippen molar-refractivity contribution in [2.45, 2.75) is 44.1 Å². The molecule has 0 saturated carbocycles. The van der Waals surface area contributed by atoms with E-state index in [1.165, 1.54) is 89.0 Å². The fourth-order valence-corrected chi connectivity index (χ4v) is 9.72. The molecule has 6 aromatic carbocycles. The Morgan fingerprint density at radius 2 is 1.36 bits per heavy atom. The first-order chi connectivity index (χ1) is 26.0. The zero-order chi connectivity index (χ0) is 35.3. The van der Waals surface area contributed by atoms with Gasteiger partial charge in [0.1, 0.15) is 0 Å². The third kappa shape index (κ3) is 4.51. The van der Waals surface area contributed by atoms with Crippen LogP contribution in [0.25, 0.3) is 55.3 Å². The highest BCUT2D eigenvalue weighted by atomic mass is 15.2. The Balaban J connectivity index is 1.06. The van der Waals surface area contributed by atoms with Crippen LogP contribution in [0.1, 0.15) is 54.9 Å². The average Bonchev–Trinajstić information content (AvgIpc) is 3.80. The van der Waals surface area contributed by atoms with Crippen LogP contribution in [-0.2, 0) is 5.41 Å². The van der Waals surface area contributed by atoms with E-state index in [1.54, 1.807) is 0 Å². The second-order valence-electron chi connectivity index (χ2n) is 15.6. The molecule has 0 radical (unpaired) electrons. The maximum atomic E-state index is 2.60. The first-order valence-electron chi connectivity index (χ1n) is 19.1. The van der Waals surface area contributed by atoms with E-state index in [4.69, 9.17) is 0 Å². The van der Waals surface area contributed by atoms with Crippen LogP contribution in [0.5, 0.6) is 0 Å². The third-order valence-corrected chi connectivity index (χ3v) is 12.3. The molecule has 0 spiro atoms. The van der Waals surface area contributed by atoms with Gasteiger partial charge >= 0.3 is 0 Å². The summed E-state index contributed by atoms with van der Waals surface area (Å²) >= 11 is 0. The molecule has 2 nitrogen and oxygen atoms in total. The van der Waals surface area contributed by atoms with Crippen molar-refractivity contribution >= 4 is 44.5 Å². The molecule has 0 saturated heterocycles. The molecule has 0 fully saturated rings. The second kappa shape index (κ2) is 11.4. The van der Waals surface area contributed by atoms with Gasteiger partial charge in [-0.2, -0.15) is 0 Å². The Labute approximate surface area is 311 Å². The fraction of sp³-hybridized carbons (Fsp3) is 0.137. The molecule has 2 unspecified atom stereocenters. The van der Waals surface area contributed by atoms with Gasteiger partial charge in [0.25, 0.3) is 0 Å². The summed E-state index contributed by atoms with van der Waals surface area (Å²) in [5.74, 6) is 0.217. The number of allylic oxidation sites excluding steroid dienone is 6. The van der Waals surface area contributed by atoms with Crippen LogP contribution in [0.2, 0.25) is 0 Å². The molecule has 7 aromatic rings. The van der Waals surface area contributed by atoms with Crippen LogP contribution in [0.3, 0.4) is 0 Å². The second-order valence-corrected chi connectivity index (χ2v) is 15.6. The van der Waals surface area contributed by atoms with Gasteiger partial charge in [0.2, 0.25) is 0 Å². The predicted molar refractivity (Wildman–Crippen MR) is 224 cm³/mol. The Kier molecular flexibility index (Phi) is 6.58. The van der Waals surface area contributed by atoms with Crippen molar-refractivity contribution in [3.05, 3.63) is 192 Å². The average molecular weight is 681 g/mol. The van der Waals surface area contributed by atoms with Gasteiger partial charge < -0.3 is 9.47 Å². The van der Waals surface area contributed by atoms with E-state index in [0.29, 0.717) is 0 Å². The lowest BCUT2D eigenvalue weighted by Gasteiger charge is -2.30. The zero-order valence-corrected chi connectivity index (χ0v) is 30.1. The summed E-state index contributed by atoms with van der Waals surface area (Å²) in [7, 11) is 0. The highest BCUT2D eigenvalue weighted by Gasteiger charge is 2.43. The van der Waals surface area contributed by atoms with E-state index < -0.39 is 0 Å². The lowest BCUT2D eigenvalue weighted by atomic mass is 9.81. The number of para-hydroxylation sites is 1. The monoisotopic (exact) mass is 680 g/mol. The molecule has 11 rings (SSSR count). The molecule has 3 aliphatic carbocycles. The molecule has 254 valence electrons. The predicted octanol–water partition coefficient (Wildman–Crippen LogP) is 13.2. The van der Waals surface area contributed by atoms with Gasteiger partial charge in [-0.25, -0.2) is 0 Å². The van der Waals surface area contributed by atoms with E-state index in [0.717, 1.165) is 12.8 Å². The van der Waals surface area contributed by atoms with Crippen molar-refractivity contribution in [2.24, 2.45) is 0 Å². The van der Waals surface area contributed by atoms with Crippen LogP contribution in [0, 0.1) is 0 Å². The molecular weight excluding hydrogens is 641 g/mol. The summed E-state index contributed by atoms with van der Waals surface area (Å²) in [5.41, 5.74) is 18.3. The topological polar surface area (TPSA) is 8.17 Å². The van der Waals surface area contributed by atoms with Crippen LogP contribution in [0.4, 0.5) is 11.4 Å². The minimum absolute atomic E-state index is 0.0630. The summed E-state index contributed by atoms with van der Waals surface area (Å²) in [4.78, 5) is 2.60. The minimum atomic E-state index is -0.0630. The maximum absolute atomic E-state index is 2.60. The first kappa shape index (κ1) is 30.5. The van der Waals surface area contributed by atoms with Crippen LogP contribution >= 0.6 is 0 Å². The highest BCUT2D eigenvalue weighted by molar-refractivity contribution is 6.11. The molecule has 1 aliphatic heterocycles. The fourth-order valence-electron chi connectivity index (χ4n) is 9.72. The molecule has 53 heavy (non-hydrogen) atoms. The minimum Gasteiger partial charge on any atom is -0.333 e. The van der Waals surface area contributed by atoms with Gasteiger partial charge in [0, 0.05) is 39.2 Å². The number of rotatable bonds is 4. The van der Waals surface area contributed by atoms with E-state index in [1.807, 2.05) is 0 Å². The van der Waals surface area contributed by atoms with Gasteiger partial charge in [-0.05, 0) is 111 Å². The van der Waals surface area contributed by atoms with Gasteiger partial charge in [-0.3, -0.25) is 0 Å². The summed E-state index contributed by atoms with van der Waals surface area (Å²) < 4.78 is 2.44. The van der Waals surface area contributed by atoms with Crippen molar-refractivity contribution < 1.29 is 0 Å². The van der Waals surface area contributed by atoms with Gasteiger partial charge in [-0.15, -0.1) is 0 Å². The van der Waals surface area contributed by atoms with Crippen LogP contribution in [-0.4, -0.2) is 10.6 Å². The maximum Gasteiger partial charge on any atom is 0.0630 e. The SMILES string of the molecule is CC1(C)c2ccccc2-c2cc3c(cc21)N(c1ccc(-c2ccccc2)cc1)C1C=CC(c2ccc4c(c2)c2ccccc2n4C2=CCCC=C2)=CC31. The Bertz CT molecular complexity index is 2750. The number of aromatic nitrogens is 1. The number of benzene rings is 6. The molecule has 1 aromatic heterocycles. The van der Waals surface area contributed by atoms with Gasteiger partial charge in [-0.1, -0.05) is 135 Å². The summed E-state index contributed by atoms with van der Waals surface area (Å²) in [5, 5.41) is 2.61. The van der Waals surface area contributed by atoms with E-state index in [-0.39, 0.29) is 17.4 Å². The number of hydrogen-bond donors (Lipinski definition) is 0. The molecule has 2 heteroatoms. The molecule has 2 atom stereocenters. The first-order valence-corrected chi connectivity index (χ1v) is 19.1. The number of hydrogen-bond acceptors (Lipinski definition) is 1. The van der Waals surface area contributed by atoms with E-state index in [2.05, 4.69) is 193 Å². The number of nitrogens with zero attached hydrogens (tertiary/aromatic N) is 2. The molecule has 2 heterocycles. The molecule has 0 N–H and O–H groups in total. The number of anilines is 2. The van der Waals surface area contributed by atoms with Crippen molar-refractivity contribution in [1.82, 2.24) is 4.57 Å².